The summed E-state index contributed by atoms with van der Waals surface area (Å²) >= 11 is 0. The van der Waals surface area contributed by atoms with E-state index >= 15 is 0 Å². The van der Waals surface area contributed by atoms with Crippen molar-refractivity contribution in [3.8, 4) is 0 Å². The minimum Gasteiger partial charge on any atom is -0.244 e. The third kappa shape index (κ3) is 8.27. The fourth-order valence-electron chi connectivity index (χ4n) is 1.45. The topological polar surface area (TPSA) is 0 Å². The van der Waals surface area contributed by atoms with E-state index in [0.29, 0.717) is 6.42 Å². The summed E-state index contributed by atoms with van der Waals surface area (Å²) in [6.07, 6.45) is 8.90. The lowest BCUT2D eigenvalue weighted by Gasteiger charge is -2.17. The molecular formula is C12H25F. The standard InChI is InChI=1S/C12H25F/c1-4-6-7-8-9-10-11-12(3,13)5-2/h4-11H2,1-3H3. The van der Waals surface area contributed by atoms with Crippen molar-refractivity contribution in [2.24, 2.45) is 0 Å². The molecule has 0 radical (unpaired) electrons. The van der Waals surface area contributed by atoms with Gasteiger partial charge in [-0.3, -0.25) is 0 Å². The van der Waals surface area contributed by atoms with Gasteiger partial charge in [0.15, 0.2) is 0 Å². The van der Waals surface area contributed by atoms with Gasteiger partial charge in [0.05, 0.1) is 0 Å². The molecule has 0 bridgehead atoms. The first-order chi connectivity index (χ1) is 6.12. The van der Waals surface area contributed by atoms with Gasteiger partial charge < -0.3 is 0 Å². The van der Waals surface area contributed by atoms with Crippen molar-refractivity contribution in [2.75, 3.05) is 0 Å². The molecule has 0 saturated heterocycles. The molecule has 0 amide bonds. The summed E-state index contributed by atoms with van der Waals surface area (Å²) in [4.78, 5) is 0. The van der Waals surface area contributed by atoms with Gasteiger partial charge in [-0.1, -0.05) is 52.4 Å². The summed E-state index contributed by atoms with van der Waals surface area (Å²) in [5.74, 6) is 0. The summed E-state index contributed by atoms with van der Waals surface area (Å²) in [5.41, 5.74) is -0.912. The van der Waals surface area contributed by atoms with Crippen molar-refractivity contribution in [2.45, 2.75) is 77.8 Å². The molecule has 0 aliphatic heterocycles. The molecule has 0 aromatic heterocycles. The van der Waals surface area contributed by atoms with Gasteiger partial charge in [0.1, 0.15) is 5.67 Å². The lowest BCUT2D eigenvalue weighted by Crippen LogP contribution is -2.15. The van der Waals surface area contributed by atoms with E-state index in [2.05, 4.69) is 6.92 Å². The maximum atomic E-state index is 13.4. The van der Waals surface area contributed by atoms with Gasteiger partial charge in [-0.05, 0) is 19.8 Å². The highest BCUT2D eigenvalue weighted by Gasteiger charge is 2.18. The molecule has 80 valence electrons. The van der Waals surface area contributed by atoms with Crippen LogP contribution in [0.3, 0.4) is 0 Å². The molecule has 0 aromatic rings. The van der Waals surface area contributed by atoms with Crippen LogP contribution in [-0.2, 0) is 0 Å². The molecule has 13 heavy (non-hydrogen) atoms. The lowest BCUT2D eigenvalue weighted by atomic mass is 9.97. The average molecular weight is 188 g/mol. The van der Waals surface area contributed by atoms with Crippen molar-refractivity contribution in [1.82, 2.24) is 0 Å². The molecule has 1 atom stereocenters. The Bertz CT molecular complexity index is 108. The highest BCUT2D eigenvalue weighted by Crippen LogP contribution is 2.22. The fraction of sp³-hybridized carbons (Fsp3) is 1.00. The second-order valence-corrected chi connectivity index (χ2v) is 4.28. The van der Waals surface area contributed by atoms with Crippen LogP contribution in [0, 0.1) is 0 Å². The molecule has 0 aliphatic rings. The Hall–Kier alpha value is -0.0700. The van der Waals surface area contributed by atoms with Crippen LogP contribution in [0.5, 0.6) is 0 Å². The Kier molecular flexibility index (Phi) is 7.31. The molecule has 0 heterocycles. The van der Waals surface area contributed by atoms with E-state index in [1.807, 2.05) is 6.92 Å². The lowest BCUT2D eigenvalue weighted by molar-refractivity contribution is 0.163. The van der Waals surface area contributed by atoms with Crippen LogP contribution in [0.15, 0.2) is 0 Å². The van der Waals surface area contributed by atoms with Crippen molar-refractivity contribution in [1.29, 1.82) is 0 Å². The smallest absolute Gasteiger partial charge is 0.108 e. The van der Waals surface area contributed by atoms with Gasteiger partial charge in [0.2, 0.25) is 0 Å². The summed E-state index contributed by atoms with van der Waals surface area (Å²) in [5, 5.41) is 0. The normalized spacial score (nSPS) is 15.7. The number of rotatable bonds is 8. The van der Waals surface area contributed by atoms with Crippen molar-refractivity contribution >= 4 is 0 Å². The van der Waals surface area contributed by atoms with E-state index in [1.165, 1.54) is 32.1 Å². The van der Waals surface area contributed by atoms with Crippen molar-refractivity contribution in [3.63, 3.8) is 0 Å². The zero-order chi connectivity index (χ0) is 10.2. The van der Waals surface area contributed by atoms with E-state index in [9.17, 15) is 4.39 Å². The first-order valence-electron chi connectivity index (χ1n) is 5.81. The van der Waals surface area contributed by atoms with Gasteiger partial charge in [-0.25, -0.2) is 4.39 Å². The molecule has 0 aliphatic carbocycles. The summed E-state index contributed by atoms with van der Waals surface area (Å²) < 4.78 is 13.4. The fourth-order valence-corrected chi connectivity index (χ4v) is 1.45. The SMILES string of the molecule is CCCCCCCCC(C)(F)CC. The molecule has 0 N–H and O–H groups in total. The summed E-state index contributed by atoms with van der Waals surface area (Å²) in [6.45, 7) is 5.87. The zero-order valence-electron chi connectivity index (χ0n) is 9.53. The summed E-state index contributed by atoms with van der Waals surface area (Å²) in [6, 6.07) is 0. The second kappa shape index (κ2) is 7.34. The molecule has 0 fully saturated rings. The van der Waals surface area contributed by atoms with Crippen LogP contribution in [0.4, 0.5) is 4.39 Å². The van der Waals surface area contributed by atoms with Crippen LogP contribution in [-0.4, -0.2) is 5.67 Å². The maximum absolute atomic E-state index is 13.4. The van der Waals surface area contributed by atoms with Gasteiger partial charge in [0, 0.05) is 0 Å². The first kappa shape index (κ1) is 12.9. The third-order valence-corrected chi connectivity index (χ3v) is 2.79. The summed E-state index contributed by atoms with van der Waals surface area (Å²) in [7, 11) is 0. The van der Waals surface area contributed by atoms with E-state index in [-0.39, 0.29) is 0 Å². The molecule has 0 rings (SSSR count). The average Bonchev–Trinajstić information content (AvgIpc) is 2.11. The maximum Gasteiger partial charge on any atom is 0.108 e. The number of hydrogen-bond donors (Lipinski definition) is 0. The Morgan fingerprint density at radius 2 is 1.46 bits per heavy atom. The van der Waals surface area contributed by atoms with Crippen LogP contribution in [0.25, 0.3) is 0 Å². The monoisotopic (exact) mass is 188 g/mol. The van der Waals surface area contributed by atoms with Crippen LogP contribution in [0.1, 0.15) is 72.1 Å². The van der Waals surface area contributed by atoms with Crippen molar-refractivity contribution < 1.29 is 4.39 Å². The molecule has 1 heteroatoms. The number of alkyl halides is 1. The van der Waals surface area contributed by atoms with E-state index in [1.54, 1.807) is 6.92 Å². The number of unbranched alkanes of at least 4 members (excludes halogenated alkanes) is 5. The molecule has 0 spiro atoms. The van der Waals surface area contributed by atoms with Gasteiger partial charge >= 0.3 is 0 Å². The Morgan fingerprint density at radius 3 is 2.00 bits per heavy atom. The van der Waals surface area contributed by atoms with Crippen LogP contribution in [0.2, 0.25) is 0 Å². The molecular weight excluding hydrogens is 163 g/mol. The molecule has 0 nitrogen and oxygen atoms in total. The molecule has 1 unspecified atom stereocenters. The highest BCUT2D eigenvalue weighted by atomic mass is 19.1. The van der Waals surface area contributed by atoms with E-state index < -0.39 is 5.67 Å². The largest absolute Gasteiger partial charge is 0.244 e. The quantitative estimate of drug-likeness (QED) is 0.476. The van der Waals surface area contributed by atoms with Crippen molar-refractivity contribution in [3.05, 3.63) is 0 Å². The van der Waals surface area contributed by atoms with Gasteiger partial charge in [-0.2, -0.15) is 0 Å². The van der Waals surface area contributed by atoms with Crippen LogP contribution >= 0.6 is 0 Å². The highest BCUT2D eigenvalue weighted by molar-refractivity contribution is 4.70. The second-order valence-electron chi connectivity index (χ2n) is 4.28. The van der Waals surface area contributed by atoms with Gasteiger partial charge in [0.25, 0.3) is 0 Å². The van der Waals surface area contributed by atoms with E-state index in [0.717, 1.165) is 12.8 Å². The predicted octanol–water partition coefficient (Wildman–Crippen LogP) is 4.88. The van der Waals surface area contributed by atoms with Crippen LogP contribution < -0.4 is 0 Å². The Balaban J connectivity index is 3.16. The van der Waals surface area contributed by atoms with Gasteiger partial charge in [-0.15, -0.1) is 0 Å². The van der Waals surface area contributed by atoms with E-state index in [4.69, 9.17) is 0 Å². The Morgan fingerprint density at radius 1 is 0.923 bits per heavy atom. The molecule has 0 saturated carbocycles. The third-order valence-electron chi connectivity index (χ3n) is 2.79. The first-order valence-corrected chi connectivity index (χ1v) is 5.81. The predicted molar refractivity (Wildman–Crippen MR) is 57.8 cm³/mol. The minimum absolute atomic E-state index is 0.655. The minimum atomic E-state index is -0.912. The zero-order valence-corrected chi connectivity index (χ0v) is 9.53. The molecule has 0 aromatic carbocycles. The number of halogens is 1. The Labute approximate surface area is 82.9 Å². The number of hydrogen-bond acceptors (Lipinski definition) is 0.